The van der Waals surface area contributed by atoms with Crippen molar-refractivity contribution in [1.29, 1.82) is 0 Å². The molecule has 0 amide bonds. The smallest absolute Gasteiger partial charge is 0.306 e. The van der Waals surface area contributed by atoms with Crippen molar-refractivity contribution in [3.8, 4) is 5.75 Å². The van der Waals surface area contributed by atoms with E-state index in [-0.39, 0.29) is 12.1 Å². The van der Waals surface area contributed by atoms with Crippen LogP contribution < -0.4 is 4.74 Å². The summed E-state index contributed by atoms with van der Waals surface area (Å²) in [5, 5.41) is 0. The molecule has 1 rings (SSSR count). The highest BCUT2D eigenvalue weighted by Crippen LogP contribution is 2.21. The Morgan fingerprint density at radius 2 is 1.81 bits per heavy atom. The van der Waals surface area contributed by atoms with Gasteiger partial charge in [-0.05, 0) is 43.4 Å². The molecule has 0 N–H and O–H groups in total. The van der Waals surface area contributed by atoms with E-state index in [1.54, 1.807) is 0 Å². The van der Waals surface area contributed by atoms with Gasteiger partial charge in [-0.15, -0.1) is 0 Å². The zero-order chi connectivity index (χ0) is 15.7. The Kier molecular flexibility index (Phi) is 7.88. The summed E-state index contributed by atoms with van der Waals surface area (Å²) in [5.74, 6) is 1.25. The molecular weight excluding hydrogens is 264 g/mol. The highest BCUT2D eigenvalue weighted by Gasteiger charge is 2.10. The third-order valence-corrected chi connectivity index (χ3v) is 3.61. The summed E-state index contributed by atoms with van der Waals surface area (Å²) in [7, 11) is 0. The Morgan fingerprint density at radius 1 is 1.14 bits per heavy atom. The molecule has 0 aromatic heterocycles. The van der Waals surface area contributed by atoms with Crippen LogP contribution in [-0.2, 0) is 9.53 Å². The summed E-state index contributed by atoms with van der Waals surface area (Å²) in [4.78, 5) is 11.5. The molecule has 0 spiro atoms. The van der Waals surface area contributed by atoms with Crippen molar-refractivity contribution in [2.24, 2.45) is 0 Å². The van der Waals surface area contributed by atoms with Crippen LogP contribution in [0.4, 0.5) is 0 Å². The number of carbonyl (C=O) groups is 1. The molecule has 0 aliphatic carbocycles. The standard InChI is InChI=1S/C18H28O3/c1-5-7-8-18(19)21-15(4)13-20-17-11-9-16(10-12-17)14(3)6-2/h9-12,14-15H,5-8,13H2,1-4H3/t14-,15-/m0/s1. The highest BCUT2D eigenvalue weighted by molar-refractivity contribution is 5.69. The Morgan fingerprint density at radius 3 is 2.38 bits per heavy atom. The molecule has 0 unspecified atom stereocenters. The number of hydrogen-bond donors (Lipinski definition) is 0. The Hall–Kier alpha value is -1.51. The zero-order valence-corrected chi connectivity index (χ0v) is 13.7. The Bertz CT molecular complexity index is 411. The largest absolute Gasteiger partial charge is 0.490 e. The van der Waals surface area contributed by atoms with Gasteiger partial charge in [-0.2, -0.15) is 0 Å². The van der Waals surface area contributed by atoms with Gasteiger partial charge in [0.1, 0.15) is 18.5 Å². The first-order chi connectivity index (χ1) is 10.1. The summed E-state index contributed by atoms with van der Waals surface area (Å²) in [6.07, 6.45) is 3.28. The third-order valence-electron chi connectivity index (χ3n) is 3.61. The van der Waals surface area contributed by atoms with Gasteiger partial charge in [0.15, 0.2) is 0 Å². The minimum absolute atomic E-state index is 0.139. The molecule has 0 aliphatic heterocycles. The van der Waals surface area contributed by atoms with Crippen LogP contribution in [0.15, 0.2) is 24.3 Å². The molecule has 1 aromatic carbocycles. The van der Waals surface area contributed by atoms with Gasteiger partial charge in [-0.3, -0.25) is 4.79 Å². The van der Waals surface area contributed by atoms with Crippen LogP contribution in [0.1, 0.15) is 64.9 Å². The number of hydrogen-bond acceptors (Lipinski definition) is 3. The van der Waals surface area contributed by atoms with Crippen molar-refractivity contribution in [1.82, 2.24) is 0 Å². The van der Waals surface area contributed by atoms with Gasteiger partial charge in [-0.1, -0.05) is 39.3 Å². The van der Waals surface area contributed by atoms with Crippen molar-refractivity contribution in [3.05, 3.63) is 29.8 Å². The van der Waals surface area contributed by atoms with Gasteiger partial charge in [0.2, 0.25) is 0 Å². The number of carbonyl (C=O) groups excluding carboxylic acids is 1. The molecular formula is C18H28O3. The van der Waals surface area contributed by atoms with Crippen LogP contribution >= 0.6 is 0 Å². The zero-order valence-electron chi connectivity index (χ0n) is 13.7. The Labute approximate surface area is 128 Å². The number of benzene rings is 1. The summed E-state index contributed by atoms with van der Waals surface area (Å²) >= 11 is 0. The molecule has 0 bridgehead atoms. The molecule has 2 atom stereocenters. The van der Waals surface area contributed by atoms with E-state index >= 15 is 0 Å². The van der Waals surface area contributed by atoms with E-state index in [0.717, 1.165) is 25.0 Å². The highest BCUT2D eigenvalue weighted by atomic mass is 16.6. The minimum atomic E-state index is -0.219. The summed E-state index contributed by atoms with van der Waals surface area (Å²) < 4.78 is 11.0. The average molecular weight is 292 g/mol. The van der Waals surface area contributed by atoms with E-state index < -0.39 is 0 Å². The van der Waals surface area contributed by atoms with Gasteiger partial charge in [0.25, 0.3) is 0 Å². The van der Waals surface area contributed by atoms with Crippen LogP contribution in [0.5, 0.6) is 5.75 Å². The molecule has 118 valence electrons. The Balaban J connectivity index is 2.35. The van der Waals surface area contributed by atoms with Crippen molar-refractivity contribution in [2.75, 3.05) is 6.61 Å². The molecule has 3 heteroatoms. The minimum Gasteiger partial charge on any atom is -0.490 e. The molecule has 0 aliphatic rings. The quantitative estimate of drug-likeness (QED) is 0.619. The molecule has 0 radical (unpaired) electrons. The van der Waals surface area contributed by atoms with Crippen LogP contribution in [0.25, 0.3) is 0 Å². The predicted molar refractivity (Wildman–Crippen MR) is 85.7 cm³/mol. The maximum Gasteiger partial charge on any atom is 0.306 e. The van der Waals surface area contributed by atoms with Gasteiger partial charge in [0, 0.05) is 6.42 Å². The maximum absolute atomic E-state index is 11.5. The second-order valence-electron chi connectivity index (χ2n) is 5.59. The van der Waals surface area contributed by atoms with Gasteiger partial charge >= 0.3 is 5.97 Å². The number of rotatable bonds is 9. The molecule has 1 aromatic rings. The van der Waals surface area contributed by atoms with E-state index in [2.05, 4.69) is 32.9 Å². The van der Waals surface area contributed by atoms with Crippen LogP contribution in [0.2, 0.25) is 0 Å². The number of unbranched alkanes of at least 4 members (excludes halogenated alkanes) is 1. The van der Waals surface area contributed by atoms with Crippen molar-refractivity contribution in [2.45, 2.75) is 65.4 Å². The fraction of sp³-hybridized carbons (Fsp3) is 0.611. The lowest BCUT2D eigenvalue weighted by Crippen LogP contribution is -2.21. The first kappa shape index (κ1) is 17.5. The molecule has 0 saturated heterocycles. The molecule has 3 nitrogen and oxygen atoms in total. The molecule has 21 heavy (non-hydrogen) atoms. The topological polar surface area (TPSA) is 35.5 Å². The van der Waals surface area contributed by atoms with Crippen molar-refractivity contribution in [3.63, 3.8) is 0 Å². The molecule has 0 heterocycles. The van der Waals surface area contributed by atoms with E-state index in [9.17, 15) is 4.79 Å². The van der Waals surface area contributed by atoms with Crippen molar-refractivity contribution < 1.29 is 14.3 Å². The van der Waals surface area contributed by atoms with E-state index in [1.165, 1.54) is 5.56 Å². The lowest BCUT2D eigenvalue weighted by Gasteiger charge is -2.15. The first-order valence-electron chi connectivity index (χ1n) is 7.99. The molecule has 0 saturated carbocycles. The van der Waals surface area contributed by atoms with Gasteiger partial charge < -0.3 is 9.47 Å². The predicted octanol–water partition coefficient (Wildman–Crippen LogP) is 4.70. The first-order valence-corrected chi connectivity index (χ1v) is 7.99. The summed E-state index contributed by atoms with van der Waals surface area (Å²) in [6.45, 7) is 8.71. The van der Waals surface area contributed by atoms with Crippen LogP contribution in [0, 0.1) is 0 Å². The SMILES string of the molecule is CCCCC(=O)O[C@@H](C)COc1ccc([C@@H](C)CC)cc1. The fourth-order valence-corrected chi connectivity index (χ4v) is 1.98. The number of ether oxygens (including phenoxy) is 2. The average Bonchev–Trinajstić information content (AvgIpc) is 2.50. The maximum atomic E-state index is 11.5. The second-order valence-corrected chi connectivity index (χ2v) is 5.59. The molecule has 0 fully saturated rings. The third kappa shape index (κ3) is 6.65. The number of esters is 1. The normalized spacial score (nSPS) is 13.5. The van der Waals surface area contributed by atoms with E-state index in [0.29, 0.717) is 18.9 Å². The fourth-order valence-electron chi connectivity index (χ4n) is 1.98. The lowest BCUT2D eigenvalue weighted by molar-refractivity contribution is -0.149. The lowest BCUT2D eigenvalue weighted by atomic mass is 9.99. The van der Waals surface area contributed by atoms with E-state index in [4.69, 9.17) is 9.47 Å². The van der Waals surface area contributed by atoms with Gasteiger partial charge in [0.05, 0.1) is 0 Å². The summed E-state index contributed by atoms with van der Waals surface area (Å²) in [6, 6.07) is 8.16. The second kappa shape index (κ2) is 9.43. The van der Waals surface area contributed by atoms with Crippen LogP contribution in [-0.4, -0.2) is 18.7 Å². The van der Waals surface area contributed by atoms with Crippen molar-refractivity contribution >= 4 is 5.97 Å². The van der Waals surface area contributed by atoms with E-state index in [1.807, 2.05) is 19.1 Å². The van der Waals surface area contributed by atoms with Gasteiger partial charge in [-0.25, -0.2) is 0 Å². The van der Waals surface area contributed by atoms with Crippen LogP contribution in [0.3, 0.4) is 0 Å². The monoisotopic (exact) mass is 292 g/mol. The summed E-state index contributed by atoms with van der Waals surface area (Å²) in [5.41, 5.74) is 1.32.